The highest BCUT2D eigenvalue weighted by molar-refractivity contribution is 5.30. The number of benzene rings is 3. The van der Waals surface area contributed by atoms with Gasteiger partial charge in [-0.2, -0.15) is 0 Å². The Labute approximate surface area is 151 Å². The molecule has 0 saturated carbocycles. The summed E-state index contributed by atoms with van der Waals surface area (Å²) in [6.07, 6.45) is 4.99. The SMILES string of the molecule is OCCc1ccccc1CCc1ccc(CCc2ccccc2)cc1. The van der Waals surface area contributed by atoms with Crippen LogP contribution in [0.2, 0.25) is 0 Å². The molecule has 0 fully saturated rings. The number of hydrogen-bond donors (Lipinski definition) is 1. The van der Waals surface area contributed by atoms with E-state index in [0.29, 0.717) is 0 Å². The van der Waals surface area contributed by atoms with Crippen molar-refractivity contribution >= 4 is 0 Å². The predicted molar refractivity (Wildman–Crippen MR) is 105 cm³/mol. The van der Waals surface area contributed by atoms with Crippen molar-refractivity contribution in [3.63, 3.8) is 0 Å². The summed E-state index contributed by atoms with van der Waals surface area (Å²) >= 11 is 0. The summed E-state index contributed by atoms with van der Waals surface area (Å²) in [6, 6.07) is 28.1. The molecule has 0 unspecified atom stereocenters. The second-order valence-corrected chi connectivity index (χ2v) is 6.54. The molecule has 1 N–H and O–H groups in total. The molecule has 0 spiro atoms. The smallest absolute Gasteiger partial charge is 0.0471 e. The van der Waals surface area contributed by atoms with Crippen molar-refractivity contribution < 1.29 is 5.11 Å². The van der Waals surface area contributed by atoms with E-state index in [2.05, 4.69) is 78.9 Å². The molecule has 1 heteroatoms. The lowest BCUT2D eigenvalue weighted by molar-refractivity contribution is 0.299. The van der Waals surface area contributed by atoms with Gasteiger partial charge >= 0.3 is 0 Å². The Kier molecular flexibility index (Phi) is 6.42. The van der Waals surface area contributed by atoms with Crippen LogP contribution in [0.1, 0.15) is 27.8 Å². The van der Waals surface area contributed by atoms with Crippen molar-refractivity contribution in [2.45, 2.75) is 32.1 Å². The Morgan fingerprint density at radius 1 is 0.440 bits per heavy atom. The Balaban J connectivity index is 1.54. The van der Waals surface area contributed by atoms with Gasteiger partial charge in [-0.05, 0) is 59.9 Å². The zero-order valence-electron chi connectivity index (χ0n) is 14.7. The summed E-state index contributed by atoms with van der Waals surface area (Å²) in [5.41, 5.74) is 6.79. The average Bonchev–Trinajstić information content (AvgIpc) is 2.68. The molecule has 0 saturated heterocycles. The van der Waals surface area contributed by atoms with Gasteiger partial charge in [-0.25, -0.2) is 0 Å². The number of aliphatic hydroxyl groups excluding tert-OH is 1. The molecule has 0 aromatic heterocycles. The van der Waals surface area contributed by atoms with Crippen LogP contribution in [0, 0.1) is 0 Å². The van der Waals surface area contributed by atoms with Crippen molar-refractivity contribution in [2.24, 2.45) is 0 Å². The van der Waals surface area contributed by atoms with E-state index in [0.717, 1.165) is 32.1 Å². The maximum absolute atomic E-state index is 9.19. The van der Waals surface area contributed by atoms with Crippen LogP contribution in [0.5, 0.6) is 0 Å². The van der Waals surface area contributed by atoms with Crippen molar-refractivity contribution in [2.75, 3.05) is 6.61 Å². The Morgan fingerprint density at radius 2 is 0.880 bits per heavy atom. The zero-order valence-corrected chi connectivity index (χ0v) is 14.7. The quantitative estimate of drug-likeness (QED) is 0.629. The Morgan fingerprint density at radius 3 is 1.44 bits per heavy atom. The van der Waals surface area contributed by atoms with Gasteiger partial charge < -0.3 is 5.11 Å². The van der Waals surface area contributed by atoms with Crippen LogP contribution in [0.15, 0.2) is 78.9 Å². The minimum Gasteiger partial charge on any atom is -0.396 e. The third-order valence-electron chi connectivity index (χ3n) is 4.75. The highest BCUT2D eigenvalue weighted by Gasteiger charge is 2.03. The third kappa shape index (κ3) is 5.30. The molecule has 128 valence electrons. The second-order valence-electron chi connectivity index (χ2n) is 6.54. The Hall–Kier alpha value is -2.38. The number of aryl methyl sites for hydroxylation is 4. The summed E-state index contributed by atoms with van der Waals surface area (Å²) in [6.45, 7) is 0.215. The summed E-state index contributed by atoms with van der Waals surface area (Å²) in [5.74, 6) is 0. The van der Waals surface area contributed by atoms with Crippen LogP contribution in [-0.2, 0) is 32.1 Å². The molecule has 3 rings (SSSR count). The normalized spacial score (nSPS) is 10.8. The first-order valence-corrected chi connectivity index (χ1v) is 9.14. The molecule has 0 amide bonds. The topological polar surface area (TPSA) is 20.2 Å². The standard InChI is InChI=1S/C24H26O/c25-19-18-24-9-5-4-8-23(24)17-16-22-14-12-21(13-15-22)11-10-20-6-2-1-3-7-20/h1-9,12-15,25H,10-11,16-19H2. The van der Waals surface area contributed by atoms with E-state index in [-0.39, 0.29) is 6.61 Å². The average molecular weight is 330 g/mol. The second kappa shape index (κ2) is 9.19. The number of hydrogen-bond acceptors (Lipinski definition) is 1. The molecule has 0 bridgehead atoms. The minimum absolute atomic E-state index is 0.215. The van der Waals surface area contributed by atoms with Crippen molar-refractivity contribution in [3.8, 4) is 0 Å². The van der Waals surface area contributed by atoms with Gasteiger partial charge in [0.2, 0.25) is 0 Å². The summed E-state index contributed by atoms with van der Waals surface area (Å²) in [4.78, 5) is 0. The first-order valence-electron chi connectivity index (χ1n) is 9.14. The first-order chi connectivity index (χ1) is 12.3. The van der Waals surface area contributed by atoms with Crippen LogP contribution in [0.4, 0.5) is 0 Å². The fraction of sp³-hybridized carbons (Fsp3) is 0.250. The zero-order chi connectivity index (χ0) is 17.3. The van der Waals surface area contributed by atoms with E-state index >= 15 is 0 Å². The van der Waals surface area contributed by atoms with Crippen LogP contribution in [-0.4, -0.2) is 11.7 Å². The summed E-state index contributed by atoms with van der Waals surface area (Å²) in [7, 11) is 0. The monoisotopic (exact) mass is 330 g/mol. The van der Waals surface area contributed by atoms with Gasteiger partial charge in [-0.3, -0.25) is 0 Å². The Bertz CT molecular complexity index is 760. The number of aliphatic hydroxyl groups is 1. The van der Waals surface area contributed by atoms with Gasteiger partial charge in [0.25, 0.3) is 0 Å². The molecule has 3 aromatic rings. The fourth-order valence-corrected chi connectivity index (χ4v) is 3.25. The van der Waals surface area contributed by atoms with E-state index < -0.39 is 0 Å². The molecule has 0 aliphatic rings. The third-order valence-corrected chi connectivity index (χ3v) is 4.75. The first kappa shape index (κ1) is 17.4. The molecule has 0 aliphatic heterocycles. The van der Waals surface area contributed by atoms with E-state index in [1.165, 1.54) is 27.8 Å². The van der Waals surface area contributed by atoms with E-state index in [1.807, 2.05) is 0 Å². The lowest BCUT2D eigenvalue weighted by Gasteiger charge is -2.09. The maximum Gasteiger partial charge on any atom is 0.0471 e. The lowest BCUT2D eigenvalue weighted by atomic mass is 9.97. The fourth-order valence-electron chi connectivity index (χ4n) is 3.25. The predicted octanol–water partition coefficient (Wildman–Crippen LogP) is 4.79. The van der Waals surface area contributed by atoms with Crippen molar-refractivity contribution in [3.05, 3.63) is 107 Å². The van der Waals surface area contributed by atoms with Gasteiger partial charge in [0.1, 0.15) is 0 Å². The van der Waals surface area contributed by atoms with E-state index in [9.17, 15) is 5.11 Å². The number of rotatable bonds is 8. The largest absolute Gasteiger partial charge is 0.396 e. The summed E-state index contributed by atoms with van der Waals surface area (Å²) in [5, 5.41) is 9.19. The molecule has 0 heterocycles. The van der Waals surface area contributed by atoms with Gasteiger partial charge in [0, 0.05) is 6.61 Å². The molecule has 3 aromatic carbocycles. The van der Waals surface area contributed by atoms with E-state index in [1.54, 1.807) is 0 Å². The van der Waals surface area contributed by atoms with Crippen LogP contribution in [0.25, 0.3) is 0 Å². The lowest BCUT2D eigenvalue weighted by Crippen LogP contribution is -1.99. The van der Waals surface area contributed by atoms with Crippen LogP contribution in [0.3, 0.4) is 0 Å². The molecule has 25 heavy (non-hydrogen) atoms. The molecular weight excluding hydrogens is 304 g/mol. The van der Waals surface area contributed by atoms with E-state index in [4.69, 9.17) is 0 Å². The maximum atomic E-state index is 9.19. The van der Waals surface area contributed by atoms with Gasteiger partial charge in [0.05, 0.1) is 0 Å². The van der Waals surface area contributed by atoms with Crippen LogP contribution >= 0.6 is 0 Å². The molecule has 0 atom stereocenters. The van der Waals surface area contributed by atoms with Crippen LogP contribution < -0.4 is 0 Å². The highest BCUT2D eigenvalue weighted by atomic mass is 16.2. The minimum atomic E-state index is 0.215. The highest BCUT2D eigenvalue weighted by Crippen LogP contribution is 2.15. The van der Waals surface area contributed by atoms with Crippen molar-refractivity contribution in [1.82, 2.24) is 0 Å². The van der Waals surface area contributed by atoms with Gasteiger partial charge in [-0.1, -0.05) is 78.9 Å². The molecule has 0 aliphatic carbocycles. The van der Waals surface area contributed by atoms with Crippen molar-refractivity contribution in [1.29, 1.82) is 0 Å². The van der Waals surface area contributed by atoms with Gasteiger partial charge in [-0.15, -0.1) is 0 Å². The molecule has 0 radical (unpaired) electrons. The summed E-state index contributed by atoms with van der Waals surface area (Å²) < 4.78 is 0. The molecule has 1 nitrogen and oxygen atoms in total. The van der Waals surface area contributed by atoms with Gasteiger partial charge in [0.15, 0.2) is 0 Å². The molecular formula is C24H26O.